The molecule has 1 aliphatic heterocycles. The number of aryl methyl sites for hydroxylation is 1. The van der Waals surface area contributed by atoms with E-state index in [2.05, 4.69) is 0 Å². The van der Waals surface area contributed by atoms with E-state index in [1.54, 1.807) is 6.92 Å². The Balaban J connectivity index is 2.77. The summed E-state index contributed by atoms with van der Waals surface area (Å²) in [6, 6.07) is 3.77. The van der Waals surface area contributed by atoms with Gasteiger partial charge in [0, 0.05) is 6.54 Å². The lowest BCUT2D eigenvalue weighted by atomic mass is 9.78. The van der Waals surface area contributed by atoms with E-state index in [-0.39, 0.29) is 18.5 Å². The Hall–Kier alpha value is -1.24. The van der Waals surface area contributed by atoms with Crippen LogP contribution in [0.5, 0.6) is 0 Å². The summed E-state index contributed by atoms with van der Waals surface area (Å²) < 4.78 is 80.7. The number of rotatable bonds is 1. The molecule has 1 aromatic carbocycles. The van der Waals surface area contributed by atoms with E-state index in [0.29, 0.717) is 11.3 Å². The summed E-state index contributed by atoms with van der Waals surface area (Å²) in [6.07, 6.45) is -10.1. The molecule has 0 N–H and O–H groups in total. The largest absolute Gasteiger partial charge is 0.419 e. The molecule has 0 atom stereocenters. The second-order valence-electron chi connectivity index (χ2n) is 5.22. The first kappa shape index (κ1) is 16.1. The molecule has 0 aromatic heterocycles. The zero-order valence-electron chi connectivity index (χ0n) is 11.6. The van der Waals surface area contributed by atoms with Crippen LogP contribution < -0.4 is 0 Å². The fourth-order valence-corrected chi connectivity index (χ4v) is 2.99. The van der Waals surface area contributed by atoms with Gasteiger partial charge in [-0.2, -0.15) is 26.3 Å². The van der Waals surface area contributed by atoms with E-state index in [1.165, 1.54) is 12.1 Å². The maximum Gasteiger partial charge on any atom is 0.419 e. The number of nitrogens with zero attached hydrogens (tertiary/aromatic N) is 1. The summed E-state index contributed by atoms with van der Waals surface area (Å²) >= 11 is 0. The fourth-order valence-electron chi connectivity index (χ4n) is 2.99. The van der Waals surface area contributed by atoms with Crippen molar-refractivity contribution < 1.29 is 26.3 Å². The molecule has 2 rings (SSSR count). The number of likely N-dealkylation sites (N-methyl/N-ethyl adjacent to an activating group) is 1. The third-order valence-corrected chi connectivity index (χ3v) is 4.08. The summed E-state index contributed by atoms with van der Waals surface area (Å²) in [4.78, 5) is 0.362. The van der Waals surface area contributed by atoms with Gasteiger partial charge in [-0.15, -0.1) is 0 Å². The van der Waals surface area contributed by atoms with Crippen LogP contribution in [0, 0.1) is 0 Å². The maximum atomic E-state index is 13.4. The maximum absolute atomic E-state index is 13.4. The van der Waals surface area contributed by atoms with Crippen molar-refractivity contribution >= 4 is 0 Å². The van der Waals surface area contributed by atoms with Crippen molar-refractivity contribution in [2.75, 3.05) is 13.6 Å². The van der Waals surface area contributed by atoms with Crippen LogP contribution in [0.25, 0.3) is 0 Å². The van der Waals surface area contributed by atoms with Gasteiger partial charge in [0.1, 0.15) is 0 Å². The second kappa shape index (κ2) is 4.90. The molecule has 0 bridgehead atoms. The van der Waals surface area contributed by atoms with Gasteiger partial charge in [0.25, 0.3) is 0 Å². The van der Waals surface area contributed by atoms with Gasteiger partial charge in [-0.25, -0.2) is 0 Å². The van der Waals surface area contributed by atoms with Crippen LogP contribution in [0.1, 0.15) is 23.6 Å². The zero-order chi connectivity index (χ0) is 16.1. The van der Waals surface area contributed by atoms with E-state index in [1.807, 2.05) is 0 Å². The Morgan fingerprint density at radius 1 is 1.10 bits per heavy atom. The van der Waals surface area contributed by atoms with Crippen molar-refractivity contribution in [3.05, 3.63) is 34.9 Å². The smallest absolute Gasteiger partial charge is 0.281 e. The van der Waals surface area contributed by atoms with Gasteiger partial charge < -0.3 is 0 Å². The van der Waals surface area contributed by atoms with E-state index in [9.17, 15) is 26.3 Å². The van der Waals surface area contributed by atoms with E-state index >= 15 is 0 Å². The van der Waals surface area contributed by atoms with Crippen LogP contribution >= 0.6 is 0 Å². The van der Waals surface area contributed by atoms with Gasteiger partial charge in [0.15, 0.2) is 0 Å². The molecular weight excluding hydrogens is 296 g/mol. The molecule has 1 aliphatic rings. The quantitative estimate of drug-likeness (QED) is 0.707. The fraction of sp³-hybridized carbons (Fsp3) is 0.571. The highest BCUT2D eigenvalue weighted by Gasteiger charge is 2.75. The third-order valence-electron chi connectivity index (χ3n) is 4.08. The minimum atomic E-state index is -5.44. The van der Waals surface area contributed by atoms with Crippen molar-refractivity contribution in [3.8, 4) is 0 Å². The van der Waals surface area contributed by atoms with Gasteiger partial charge in [0.05, 0.1) is 0 Å². The van der Waals surface area contributed by atoms with E-state index in [4.69, 9.17) is 0 Å². The minimum Gasteiger partial charge on any atom is -0.281 e. The predicted octanol–water partition coefficient (Wildman–Crippen LogP) is 4.06. The van der Waals surface area contributed by atoms with Crippen LogP contribution in [0.4, 0.5) is 26.3 Å². The Kier molecular flexibility index (Phi) is 3.76. The molecule has 1 nitrogen and oxygen atoms in total. The molecular formula is C14H15F6N. The van der Waals surface area contributed by atoms with Gasteiger partial charge in [0.2, 0.25) is 5.54 Å². The Labute approximate surface area is 118 Å². The first-order valence-corrected chi connectivity index (χ1v) is 6.52. The van der Waals surface area contributed by atoms with Crippen molar-refractivity contribution in [3.63, 3.8) is 0 Å². The SMILES string of the molecule is CCc1ccc2c(c1)CCN(C)C2(C(F)(F)F)C(F)(F)F. The molecule has 7 heteroatoms. The Morgan fingerprint density at radius 3 is 2.14 bits per heavy atom. The van der Waals surface area contributed by atoms with Crippen LogP contribution in [0.15, 0.2) is 18.2 Å². The molecule has 0 saturated carbocycles. The topological polar surface area (TPSA) is 3.24 Å². The van der Waals surface area contributed by atoms with E-state index < -0.39 is 23.5 Å². The number of halogens is 6. The summed E-state index contributed by atoms with van der Waals surface area (Å²) in [5.74, 6) is 0. The standard InChI is InChI=1S/C14H15F6N/c1-3-9-4-5-11-10(8-9)6-7-21(2)12(11,13(15,16)17)14(18,19)20/h4-5,8H,3,6-7H2,1-2H3. The normalized spacial score (nSPS) is 19.4. The lowest BCUT2D eigenvalue weighted by Gasteiger charge is -2.47. The summed E-state index contributed by atoms with van der Waals surface area (Å²) in [7, 11) is 0.873. The molecule has 0 spiro atoms. The van der Waals surface area contributed by atoms with Gasteiger partial charge >= 0.3 is 12.4 Å². The molecule has 1 heterocycles. The molecule has 0 radical (unpaired) electrons. The Morgan fingerprint density at radius 2 is 1.67 bits per heavy atom. The highest BCUT2D eigenvalue weighted by molar-refractivity contribution is 5.42. The zero-order valence-corrected chi connectivity index (χ0v) is 11.6. The highest BCUT2D eigenvalue weighted by Crippen LogP contribution is 2.56. The van der Waals surface area contributed by atoms with Crippen molar-refractivity contribution in [2.45, 2.75) is 37.7 Å². The van der Waals surface area contributed by atoms with Crippen molar-refractivity contribution in [2.24, 2.45) is 0 Å². The van der Waals surface area contributed by atoms with Gasteiger partial charge in [-0.05, 0) is 36.6 Å². The highest BCUT2D eigenvalue weighted by atomic mass is 19.4. The molecule has 21 heavy (non-hydrogen) atoms. The van der Waals surface area contributed by atoms with Crippen LogP contribution in [0.2, 0.25) is 0 Å². The molecule has 118 valence electrons. The van der Waals surface area contributed by atoms with Crippen LogP contribution in [-0.2, 0) is 18.4 Å². The average Bonchev–Trinajstić information content (AvgIpc) is 2.34. The van der Waals surface area contributed by atoms with Crippen LogP contribution in [0.3, 0.4) is 0 Å². The molecule has 0 unspecified atom stereocenters. The second-order valence-corrected chi connectivity index (χ2v) is 5.22. The average molecular weight is 311 g/mol. The minimum absolute atomic E-state index is 0.127. The molecule has 0 saturated heterocycles. The Bertz CT molecular complexity index is 517. The summed E-state index contributed by atoms with van der Waals surface area (Å²) in [5.41, 5.74) is -3.77. The van der Waals surface area contributed by atoms with Crippen molar-refractivity contribution in [1.82, 2.24) is 4.90 Å². The number of hydrogen-bond acceptors (Lipinski definition) is 1. The number of hydrogen-bond donors (Lipinski definition) is 0. The summed E-state index contributed by atoms with van der Waals surface area (Å²) in [5, 5.41) is 0. The number of alkyl halides is 6. The molecule has 0 fully saturated rings. The first-order chi connectivity index (χ1) is 9.55. The summed E-state index contributed by atoms with van der Waals surface area (Å²) in [6.45, 7) is 1.51. The van der Waals surface area contributed by atoms with Crippen LogP contribution in [-0.4, -0.2) is 30.8 Å². The molecule has 0 amide bonds. The third kappa shape index (κ3) is 2.22. The van der Waals surface area contributed by atoms with Gasteiger partial charge in [-0.3, -0.25) is 4.90 Å². The predicted molar refractivity (Wildman–Crippen MR) is 65.9 cm³/mol. The number of benzene rings is 1. The van der Waals surface area contributed by atoms with Crippen molar-refractivity contribution in [1.29, 1.82) is 0 Å². The monoisotopic (exact) mass is 311 g/mol. The van der Waals surface area contributed by atoms with E-state index in [0.717, 1.165) is 18.7 Å². The molecule has 0 aliphatic carbocycles. The number of fused-ring (bicyclic) bond motifs is 1. The lowest BCUT2D eigenvalue weighted by Crippen LogP contribution is -2.65. The first-order valence-electron chi connectivity index (χ1n) is 6.52. The molecule has 1 aromatic rings. The van der Waals surface area contributed by atoms with Gasteiger partial charge in [-0.1, -0.05) is 25.1 Å². The lowest BCUT2D eigenvalue weighted by molar-refractivity contribution is -0.347.